The van der Waals surface area contributed by atoms with Crippen LogP contribution in [0.3, 0.4) is 0 Å². The third-order valence-corrected chi connectivity index (χ3v) is 13.5. The van der Waals surface area contributed by atoms with E-state index in [9.17, 15) is 0 Å². The van der Waals surface area contributed by atoms with E-state index in [-0.39, 0.29) is 21.1 Å². The summed E-state index contributed by atoms with van der Waals surface area (Å²) in [5, 5.41) is 0. The predicted molar refractivity (Wildman–Crippen MR) is 295 cm³/mol. The summed E-state index contributed by atoms with van der Waals surface area (Å²) < 4.78 is 8.71. The first-order valence-electron chi connectivity index (χ1n) is 24.5. The molecule has 0 saturated heterocycles. The zero-order chi connectivity index (χ0) is 48.5. The average Bonchev–Trinajstić information content (AvgIpc) is 4.07. The van der Waals surface area contributed by atoms with Crippen LogP contribution in [-0.4, -0.2) is 9.13 Å². The van der Waals surface area contributed by atoms with Gasteiger partial charge in [0.1, 0.15) is 0 Å². The van der Waals surface area contributed by atoms with E-state index < -0.39 is 0 Å². The van der Waals surface area contributed by atoms with E-state index in [1.165, 1.54) is 0 Å². The van der Waals surface area contributed by atoms with E-state index in [4.69, 9.17) is 0 Å². The summed E-state index contributed by atoms with van der Waals surface area (Å²) in [7, 11) is 0. The Morgan fingerprint density at radius 2 is 0.608 bits per heavy atom. The number of nitrogens with zero attached hydrogens (tertiary/aromatic N) is 5. The van der Waals surface area contributed by atoms with Crippen LogP contribution < -0.4 is 14.0 Å². The molecule has 74 heavy (non-hydrogen) atoms. The van der Waals surface area contributed by atoms with Gasteiger partial charge in [-0.05, 0) is 68.0 Å². The van der Waals surface area contributed by atoms with Gasteiger partial charge in [-0.15, -0.1) is 12.1 Å². The van der Waals surface area contributed by atoms with Crippen molar-refractivity contribution in [3.8, 4) is 67.3 Å². The summed E-state index contributed by atoms with van der Waals surface area (Å²) in [5.74, 6) is 0. The SMILES string of the molecule is [Pt+4].[c-]1c(N(c2[c-]c(-n3[c-][n+](-c4c(-c5ccccc5)cccc4-c4ccccc4)c4ccccc43)ccc2)c2ccccc2)cccc1-n1[c-][n+](-c2c(-c3ccccc3)cccc2-c2ccccc2)c2ccccc21. The number of aromatic nitrogens is 4. The molecule has 0 atom stereocenters. The zero-order valence-electron chi connectivity index (χ0n) is 40.0. The number of anilines is 3. The molecule has 2 aromatic heterocycles. The van der Waals surface area contributed by atoms with E-state index in [1.54, 1.807) is 0 Å². The fraction of sp³-hybridized carbons (Fsp3) is 0. The topological polar surface area (TPSA) is 20.9 Å². The standard InChI is InChI=1S/C68H45N5.Pt/c1-6-24-50(25-7-1)59-38-22-39-60(51-26-8-2-9-27-51)67(59)71-48-69(63-42-16-18-44-65(63)71)55-34-20-36-57(46-55)73(54-32-14-5-15-33-54)58-37-21-35-56(47-58)70-49-72(66-45-19-17-43-64(66)70)68-61(52-28-10-3-11-29-52)40-23-41-62(68)53-30-12-4-13-31-53;/h1-45H;/q-2;+4. The van der Waals surface area contributed by atoms with Crippen LogP contribution >= 0.6 is 0 Å². The normalized spacial score (nSPS) is 11.1. The Balaban J connectivity index is 0.00000556. The van der Waals surface area contributed by atoms with Crippen LogP contribution in [0, 0.1) is 24.8 Å². The van der Waals surface area contributed by atoms with Crippen molar-refractivity contribution in [3.05, 3.63) is 298 Å². The Morgan fingerprint density at radius 1 is 0.297 bits per heavy atom. The Labute approximate surface area is 445 Å². The summed E-state index contributed by atoms with van der Waals surface area (Å²) in [6, 6.07) is 104. The van der Waals surface area contributed by atoms with Crippen LogP contribution in [0.2, 0.25) is 0 Å². The molecule has 0 fully saturated rings. The van der Waals surface area contributed by atoms with Crippen molar-refractivity contribution in [1.29, 1.82) is 0 Å². The summed E-state index contributed by atoms with van der Waals surface area (Å²) in [6.07, 6.45) is 7.69. The second kappa shape index (κ2) is 20.2. The Bertz CT molecular complexity index is 3710. The van der Waals surface area contributed by atoms with Crippen LogP contribution in [0.15, 0.2) is 273 Å². The number of imidazole rings is 2. The Hall–Kier alpha value is -9.15. The number of rotatable bonds is 11. The van der Waals surface area contributed by atoms with E-state index >= 15 is 0 Å². The number of fused-ring (bicyclic) bond motifs is 2. The summed E-state index contributed by atoms with van der Waals surface area (Å²) in [5.41, 5.74) is 19.5. The molecule has 0 aliphatic carbocycles. The van der Waals surface area contributed by atoms with E-state index in [2.05, 4.69) is 321 Å². The molecule has 0 N–H and O–H groups in total. The molecule has 0 aliphatic rings. The molecule has 0 amide bonds. The second-order valence-corrected chi connectivity index (χ2v) is 17.9. The van der Waals surface area contributed by atoms with Crippen LogP contribution in [0.25, 0.3) is 89.3 Å². The Morgan fingerprint density at radius 3 is 0.973 bits per heavy atom. The van der Waals surface area contributed by atoms with E-state index in [1.807, 2.05) is 0 Å². The molecule has 5 nitrogen and oxygen atoms in total. The van der Waals surface area contributed by atoms with Crippen LogP contribution in [0.1, 0.15) is 0 Å². The van der Waals surface area contributed by atoms with Gasteiger partial charge in [0, 0.05) is 5.69 Å². The zero-order valence-corrected chi connectivity index (χ0v) is 42.3. The fourth-order valence-corrected chi connectivity index (χ4v) is 10.2. The van der Waals surface area contributed by atoms with Gasteiger partial charge in [-0.1, -0.05) is 236 Å². The minimum Gasteiger partial charge on any atom is -0.359 e. The third kappa shape index (κ3) is 8.43. The van der Waals surface area contributed by atoms with Gasteiger partial charge in [0.05, 0.1) is 33.4 Å². The quantitative estimate of drug-likeness (QED) is 0.0934. The first-order valence-corrected chi connectivity index (χ1v) is 24.5. The average molecular weight is 1130 g/mol. The molecule has 6 heteroatoms. The first-order chi connectivity index (χ1) is 36.2. The summed E-state index contributed by atoms with van der Waals surface area (Å²) in [4.78, 5) is 2.23. The van der Waals surface area contributed by atoms with Crippen LogP contribution in [0.5, 0.6) is 0 Å². The minimum atomic E-state index is 0. The molecule has 0 spiro atoms. The van der Waals surface area contributed by atoms with Gasteiger partial charge in [-0.3, -0.25) is 9.13 Å². The van der Waals surface area contributed by atoms with Gasteiger partial charge < -0.3 is 14.0 Å². The van der Waals surface area contributed by atoms with Crippen molar-refractivity contribution in [1.82, 2.24) is 9.13 Å². The largest absolute Gasteiger partial charge is 4.00 e. The van der Waals surface area contributed by atoms with Crippen molar-refractivity contribution >= 4 is 39.1 Å². The number of para-hydroxylation sites is 7. The summed E-state index contributed by atoms with van der Waals surface area (Å²) >= 11 is 0. The number of hydrogen-bond acceptors (Lipinski definition) is 1. The molecule has 0 saturated carbocycles. The van der Waals surface area contributed by atoms with Crippen LogP contribution in [-0.2, 0) is 21.1 Å². The monoisotopic (exact) mass is 1130 g/mol. The van der Waals surface area contributed by atoms with Gasteiger partial charge in [0.2, 0.25) is 0 Å². The molecule has 0 aliphatic heterocycles. The minimum absolute atomic E-state index is 0. The molecule has 11 aromatic carbocycles. The van der Waals surface area contributed by atoms with Gasteiger partial charge in [0.25, 0.3) is 12.7 Å². The molecule has 0 radical (unpaired) electrons. The first kappa shape index (κ1) is 46.0. The maximum atomic E-state index is 3.87. The van der Waals surface area contributed by atoms with Crippen molar-refractivity contribution in [3.63, 3.8) is 0 Å². The van der Waals surface area contributed by atoms with Gasteiger partial charge in [0.15, 0.2) is 0 Å². The smallest absolute Gasteiger partial charge is 0.359 e. The maximum Gasteiger partial charge on any atom is 4.00 e. The molecule has 2 heterocycles. The van der Waals surface area contributed by atoms with Gasteiger partial charge >= 0.3 is 21.1 Å². The van der Waals surface area contributed by atoms with Gasteiger partial charge in [-0.25, -0.2) is 0 Å². The molecule has 13 rings (SSSR count). The number of benzene rings is 11. The third-order valence-electron chi connectivity index (χ3n) is 13.5. The molecule has 0 bridgehead atoms. The predicted octanol–water partition coefficient (Wildman–Crippen LogP) is 15.5. The molecule has 13 aromatic rings. The van der Waals surface area contributed by atoms with Crippen molar-refractivity contribution in [2.45, 2.75) is 0 Å². The molecular weight excluding hydrogens is 1080 g/mol. The van der Waals surface area contributed by atoms with Crippen molar-refractivity contribution in [2.24, 2.45) is 0 Å². The van der Waals surface area contributed by atoms with Crippen molar-refractivity contribution < 1.29 is 30.2 Å². The second-order valence-electron chi connectivity index (χ2n) is 17.9. The fourth-order valence-electron chi connectivity index (χ4n) is 10.2. The molecule has 350 valence electrons. The maximum absolute atomic E-state index is 3.87. The number of hydrogen-bond donors (Lipinski definition) is 0. The van der Waals surface area contributed by atoms with E-state index in [0.717, 1.165) is 106 Å². The molecule has 0 unspecified atom stereocenters. The van der Waals surface area contributed by atoms with E-state index in [0.29, 0.717) is 0 Å². The van der Waals surface area contributed by atoms with Crippen molar-refractivity contribution in [2.75, 3.05) is 4.90 Å². The van der Waals surface area contributed by atoms with Gasteiger partial charge in [-0.2, -0.15) is 36.4 Å². The summed E-state index contributed by atoms with van der Waals surface area (Å²) in [6.45, 7) is 0. The van der Waals surface area contributed by atoms with Crippen LogP contribution in [0.4, 0.5) is 17.1 Å². The molecular formula is C68H45N5Pt+2. The Kier molecular flexibility index (Phi) is 12.5.